The first-order chi connectivity index (χ1) is 11.8. The lowest BCUT2D eigenvalue weighted by Gasteiger charge is -2.31. The Bertz CT molecular complexity index is 723. The largest absolute Gasteiger partial charge is 0.333 e. The van der Waals surface area contributed by atoms with Crippen molar-refractivity contribution in [3.8, 4) is 0 Å². The zero-order valence-electron chi connectivity index (χ0n) is 14.5. The Labute approximate surface area is 153 Å². The molecule has 1 heterocycles. The molecule has 0 aromatic heterocycles. The minimum atomic E-state index is -3.15. The van der Waals surface area contributed by atoms with Crippen molar-refractivity contribution in [3.63, 3.8) is 0 Å². The number of hydrogen-bond acceptors (Lipinski definition) is 4. The maximum atomic E-state index is 14.2. The SMILES string of the molecule is CCN(CC)CCN(C(=O)c1ccc(Cl)cc1F)C1CCS(=O)(=O)C1. The van der Waals surface area contributed by atoms with Crippen LogP contribution in [-0.2, 0) is 9.84 Å². The van der Waals surface area contributed by atoms with Crippen LogP contribution in [0.5, 0.6) is 0 Å². The van der Waals surface area contributed by atoms with Crippen LogP contribution in [0.4, 0.5) is 4.39 Å². The highest BCUT2D eigenvalue weighted by atomic mass is 35.5. The molecule has 1 aliphatic heterocycles. The fraction of sp³-hybridized carbons (Fsp3) is 0.588. The highest BCUT2D eigenvalue weighted by molar-refractivity contribution is 7.91. The van der Waals surface area contributed by atoms with Gasteiger partial charge in [0, 0.05) is 24.2 Å². The van der Waals surface area contributed by atoms with E-state index in [0.29, 0.717) is 19.5 Å². The van der Waals surface area contributed by atoms with Gasteiger partial charge in [-0.25, -0.2) is 12.8 Å². The number of amides is 1. The van der Waals surface area contributed by atoms with Gasteiger partial charge >= 0.3 is 0 Å². The Kier molecular flexibility index (Phi) is 6.82. The number of carbonyl (C=O) groups excluding carboxylic acids is 1. The first-order valence-corrected chi connectivity index (χ1v) is 10.7. The van der Waals surface area contributed by atoms with E-state index in [9.17, 15) is 17.6 Å². The van der Waals surface area contributed by atoms with Crippen LogP contribution >= 0.6 is 11.6 Å². The van der Waals surface area contributed by atoms with E-state index in [2.05, 4.69) is 4.90 Å². The van der Waals surface area contributed by atoms with Gasteiger partial charge in [0.15, 0.2) is 9.84 Å². The van der Waals surface area contributed by atoms with E-state index in [-0.39, 0.29) is 22.1 Å². The molecule has 140 valence electrons. The number of nitrogens with zero attached hydrogens (tertiary/aromatic N) is 2. The molecule has 1 atom stereocenters. The zero-order valence-corrected chi connectivity index (χ0v) is 16.1. The predicted octanol–water partition coefficient (Wildman–Crippen LogP) is 2.45. The van der Waals surface area contributed by atoms with Crippen molar-refractivity contribution in [2.24, 2.45) is 0 Å². The molecule has 0 saturated carbocycles. The van der Waals surface area contributed by atoms with E-state index in [1.54, 1.807) is 0 Å². The summed E-state index contributed by atoms with van der Waals surface area (Å²) < 4.78 is 37.8. The number of rotatable bonds is 7. The molecule has 0 bridgehead atoms. The van der Waals surface area contributed by atoms with Gasteiger partial charge in [-0.15, -0.1) is 0 Å². The van der Waals surface area contributed by atoms with E-state index < -0.39 is 27.6 Å². The van der Waals surface area contributed by atoms with E-state index >= 15 is 0 Å². The second-order valence-electron chi connectivity index (χ2n) is 6.21. The molecule has 0 radical (unpaired) electrons. The van der Waals surface area contributed by atoms with Crippen LogP contribution in [0, 0.1) is 5.82 Å². The summed E-state index contributed by atoms with van der Waals surface area (Å²) >= 11 is 5.76. The van der Waals surface area contributed by atoms with E-state index in [4.69, 9.17) is 11.6 Å². The van der Waals surface area contributed by atoms with E-state index in [1.165, 1.54) is 17.0 Å². The van der Waals surface area contributed by atoms with Crippen molar-refractivity contribution in [2.75, 3.05) is 37.7 Å². The third-order valence-electron chi connectivity index (χ3n) is 4.62. The summed E-state index contributed by atoms with van der Waals surface area (Å²) in [6.07, 6.45) is 0.390. The predicted molar refractivity (Wildman–Crippen MR) is 97.3 cm³/mol. The van der Waals surface area contributed by atoms with Crippen LogP contribution in [0.1, 0.15) is 30.6 Å². The molecular formula is C17H24ClFN2O3S. The second kappa shape index (κ2) is 8.47. The lowest BCUT2D eigenvalue weighted by atomic mass is 10.1. The van der Waals surface area contributed by atoms with Gasteiger partial charge in [0.05, 0.1) is 17.1 Å². The van der Waals surface area contributed by atoms with Gasteiger partial charge < -0.3 is 9.80 Å². The third-order valence-corrected chi connectivity index (χ3v) is 6.61. The average molecular weight is 391 g/mol. The molecule has 1 aromatic rings. The fourth-order valence-electron chi connectivity index (χ4n) is 3.08. The minimum Gasteiger partial charge on any atom is -0.333 e. The lowest BCUT2D eigenvalue weighted by molar-refractivity contribution is 0.0669. The molecule has 1 saturated heterocycles. The number of carbonyl (C=O) groups is 1. The van der Waals surface area contributed by atoms with Crippen molar-refractivity contribution in [2.45, 2.75) is 26.3 Å². The monoisotopic (exact) mass is 390 g/mol. The lowest BCUT2D eigenvalue weighted by Crippen LogP contribution is -2.45. The summed E-state index contributed by atoms with van der Waals surface area (Å²) in [5, 5.41) is 0.215. The summed E-state index contributed by atoms with van der Waals surface area (Å²) in [4.78, 5) is 16.5. The Hall–Kier alpha value is -1.18. The first-order valence-electron chi connectivity index (χ1n) is 8.46. The highest BCUT2D eigenvalue weighted by Gasteiger charge is 2.35. The highest BCUT2D eigenvalue weighted by Crippen LogP contribution is 2.22. The average Bonchev–Trinajstić information content (AvgIpc) is 2.91. The van der Waals surface area contributed by atoms with Gasteiger partial charge in [-0.3, -0.25) is 4.79 Å². The third kappa shape index (κ3) is 5.15. The van der Waals surface area contributed by atoms with E-state index in [1.807, 2.05) is 13.8 Å². The quantitative estimate of drug-likeness (QED) is 0.717. The molecule has 5 nitrogen and oxygen atoms in total. The first kappa shape index (κ1) is 20.1. The Balaban J connectivity index is 2.25. The maximum absolute atomic E-state index is 14.2. The number of hydrogen-bond donors (Lipinski definition) is 0. The molecule has 2 rings (SSSR count). The molecule has 0 spiro atoms. The van der Waals surface area contributed by atoms with Crippen molar-refractivity contribution in [1.82, 2.24) is 9.80 Å². The summed E-state index contributed by atoms with van der Waals surface area (Å²) in [5.74, 6) is -1.17. The zero-order chi connectivity index (χ0) is 18.6. The summed E-state index contributed by atoms with van der Waals surface area (Å²) in [5.41, 5.74) is -0.0757. The smallest absolute Gasteiger partial charge is 0.257 e. The van der Waals surface area contributed by atoms with Crippen LogP contribution in [0.3, 0.4) is 0 Å². The van der Waals surface area contributed by atoms with Gasteiger partial charge in [0.2, 0.25) is 0 Å². The van der Waals surface area contributed by atoms with E-state index in [0.717, 1.165) is 19.2 Å². The van der Waals surface area contributed by atoms with Crippen LogP contribution in [0.25, 0.3) is 0 Å². The molecule has 1 aliphatic rings. The van der Waals surface area contributed by atoms with Gasteiger partial charge in [0.1, 0.15) is 5.82 Å². The standard InChI is InChI=1S/C17H24ClFN2O3S/c1-3-20(4-2)8-9-21(14-7-10-25(23,24)12-14)17(22)15-6-5-13(18)11-16(15)19/h5-6,11,14H,3-4,7-10,12H2,1-2H3. The van der Waals surface area contributed by atoms with Gasteiger partial charge in [-0.1, -0.05) is 25.4 Å². The number of likely N-dealkylation sites (N-methyl/N-ethyl adjacent to an activating group) is 1. The van der Waals surface area contributed by atoms with Crippen molar-refractivity contribution in [1.29, 1.82) is 0 Å². The summed E-state index contributed by atoms with van der Waals surface area (Å²) in [6, 6.07) is 3.51. The molecule has 0 N–H and O–H groups in total. The number of sulfone groups is 1. The Morgan fingerprint density at radius 3 is 2.48 bits per heavy atom. The topological polar surface area (TPSA) is 57.7 Å². The molecule has 25 heavy (non-hydrogen) atoms. The van der Waals surface area contributed by atoms with Crippen LogP contribution in [-0.4, -0.2) is 67.9 Å². The molecule has 8 heteroatoms. The van der Waals surface area contributed by atoms with Crippen molar-refractivity contribution >= 4 is 27.3 Å². The van der Waals surface area contributed by atoms with Gasteiger partial charge in [-0.05, 0) is 37.7 Å². The van der Waals surface area contributed by atoms with Crippen LogP contribution in [0.15, 0.2) is 18.2 Å². The maximum Gasteiger partial charge on any atom is 0.257 e. The molecule has 1 unspecified atom stereocenters. The molecule has 1 fully saturated rings. The fourth-order valence-corrected chi connectivity index (χ4v) is 4.97. The summed E-state index contributed by atoms with van der Waals surface area (Å²) in [6.45, 7) is 6.68. The van der Waals surface area contributed by atoms with Gasteiger partial charge in [-0.2, -0.15) is 0 Å². The Morgan fingerprint density at radius 1 is 1.28 bits per heavy atom. The second-order valence-corrected chi connectivity index (χ2v) is 8.87. The molecule has 1 aromatic carbocycles. The van der Waals surface area contributed by atoms with Gasteiger partial charge in [0.25, 0.3) is 5.91 Å². The number of halogens is 2. The number of benzene rings is 1. The van der Waals surface area contributed by atoms with Crippen LogP contribution < -0.4 is 0 Å². The van der Waals surface area contributed by atoms with Crippen molar-refractivity contribution < 1.29 is 17.6 Å². The summed E-state index contributed by atoms with van der Waals surface area (Å²) in [7, 11) is -3.15. The minimum absolute atomic E-state index is 0.0633. The molecular weight excluding hydrogens is 367 g/mol. The normalized spacial score (nSPS) is 19.3. The van der Waals surface area contributed by atoms with Crippen molar-refractivity contribution in [3.05, 3.63) is 34.6 Å². The molecule has 0 aliphatic carbocycles. The molecule has 1 amide bonds. The van der Waals surface area contributed by atoms with Crippen LogP contribution in [0.2, 0.25) is 5.02 Å². The Morgan fingerprint density at radius 2 is 1.96 bits per heavy atom.